The van der Waals surface area contributed by atoms with E-state index in [1.165, 1.54) is 11.3 Å². The first kappa shape index (κ1) is 18.9. The van der Waals surface area contributed by atoms with Crippen molar-refractivity contribution in [2.75, 3.05) is 51.4 Å². The third-order valence-corrected chi connectivity index (χ3v) is 5.68. The number of aryl methyl sites for hydroxylation is 1. The number of hydrogen-bond donors (Lipinski definition) is 0. The van der Waals surface area contributed by atoms with Crippen LogP contribution in [0.4, 0.5) is 5.13 Å². The van der Waals surface area contributed by atoms with Crippen molar-refractivity contribution in [3.05, 3.63) is 35.7 Å². The Morgan fingerprint density at radius 1 is 1.32 bits per heavy atom. The Labute approximate surface area is 166 Å². The molecule has 1 aromatic carbocycles. The Balaban J connectivity index is 1.62. The summed E-state index contributed by atoms with van der Waals surface area (Å²) in [6, 6.07) is 7.35. The lowest BCUT2D eigenvalue weighted by molar-refractivity contribution is 0.0390. The first-order chi connectivity index (χ1) is 13.6. The van der Waals surface area contributed by atoms with Crippen LogP contribution in [0.1, 0.15) is 16.2 Å². The number of anilines is 1. The van der Waals surface area contributed by atoms with E-state index in [0.717, 1.165) is 48.8 Å². The minimum Gasteiger partial charge on any atom is -0.497 e. The number of ether oxygens (including phenoxy) is 2. The number of morpholine rings is 1. The molecule has 3 heterocycles. The fraction of sp³-hybridized carbons (Fsp3) is 0.421. The number of fused-ring (bicyclic) bond motifs is 1. The van der Waals surface area contributed by atoms with Crippen molar-refractivity contribution in [2.45, 2.75) is 6.92 Å². The molecule has 0 atom stereocenters. The van der Waals surface area contributed by atoms with Gasteiger partial charge in [-0.3, -0.25) is 14.6 Å². The lowest BCUT2D eigenvalue weighted by atomic mass is 10.3. The van der Waals surface area contributed by atoms with E-state index in [4.69, 9.17) is 14.0 Å². The van der Waals surface area contributed by atoms with Gasteiger partial charge in [-0.25, -0.2) is 4.98 Å². The number of nitrogens with zero attached hydrogens (tertiary/aromatic N) is 4. The van der Waals surface area contributed by atoms with Gasteiger partial charge in [0.1, 0.15) is 5.75 Å². The second kappa shape index (κ2) is 8.26. The average molecular weight is 402 g/mol. The molecule has 2 aromatic heterocycles. The van der Waals surface area contributed by atoms with Crippen LogP contribution in [0.5, 0.6) is 5.75 Å². The molecular formula is C19H22N4O4S. The molecule has 4 rings (SSSR count). The SMILES string of the molecule is COc1ccc2nc(N(CCN3CCOCC3)C(=O)c3cc(C)no3)sc2c1. The summed E-state index contributed by atoms with van der Waals surface area (Å²) in [6.07, 6.45) is 0. The van der Waals surface area contributed by atoms with Crippen LogP contribution in [0, 0.1) is 6.92 Å². The molecular weight excluding hydrogens is 380 g/mol. The predicted molar refractivity (Wildman–Crippen MR) is 106 cm³/mol. The van der Waals surface area contributed by atoms with Gasteiger partial charge in [-0.1, -0.05) is 16.5 Å². The van der Waals surface area contributed by atoms with Crippen molar-refractivity contribution in [3.8, 4) is 5.75 Å². The molecule has 1 aliphatic rings. The van der Waals surface area contributed by atoms with E-state index in [0.29, 0.717) is 17.4 Å². The molecule has 0 N–H and O–H groups in total. The number of amides is 1. The largest absolute Gasteiger partial charge is 0.497 e. The summed E-state index contributed by atoms with van der Waals surface area (Å²) in [7, 11) is 1.63. The van der Waals surface area contributed by atoms with Crippen LogP contribution >= 0.6 is 11.3 Å². The topological polar surface area (TPSA) is 80.9 Å². The molecule has 0 radical (unpaired) electrons. The number of thiazole rings is 1. The fourth-order valence-electron chi connectivity index (χ4n) is 3.08. The minimum atomic E-state index is -0.236. The van der Waals surface area contributed by atoms with E-state index in [2.05, 4.69) is 15.0 Å². The van der Waals surface area contributed by atoms with Crippen LogP contribution in [0.3, 0.4) is 0 Å². The first-order valence-corrected chi connectivity index (χ1v) is 9.95. The maximum absolute atomic E-state index is 13.1. The van der Waals surface area contributed by atoms with Gasteiger partial charge in [0.15, 0.2) is 5.13 Å². The monoisotopic (exact) mass is 402 g/mol. The predicted octanol–water partition coefficient (Wildman–Crippen LogP) is 2.58. The van der Waals surface area contributed by atoms with Gasteiger partial charge in [-0.15, -0.1) is 0 Å². The van der Waals surface area contributed by atoms with Crippen molar-refractivity contribution in [3.63, 3.8) is 0 Å². The van der Waals surface area contributed by atoms with Gasteiger partial charge in [0.05, 0.1) is 36.2 Å². The minimum absolute atomic E-state index is 0.219. The van der Waals surface area contributed by atoms with Crippen molar-refractivity contribution >= 4 is 32.6 Å². The molecule has 3 aromatic rings. The van der Waals surface area contributed by atoms with Gasteiger partial charge < -0.3 is 14.0 Å². The number of carbonyl (C=O) groups excluding carboxylic acids is 1. The number of carbonyl (C=O) groups is 1. The summed E-state index contributed by atoms with van der Waals surface area (Å²) in [6.45, 7) is 6.20. The zero-order chi connectivity index (χ0) is 19.5. The lowest BCUT2D eigenvalue weighted by Gasteiger charge is -2.28. The Kier molecular flexibility index (Phi) is 5.56. The van der Waals surface area contributed by atoms with E-state index in [1.807, 2.05) is 18.2 Å². The molecule has 0 spiro atoms. The van der Waals surface area contributed by atoms with Gasteiger partial charge in [-0.2, -0.15) is 0 Å². The number of methoxy groups -OCH3 is 1. The number of aromatic nitrogens is 2. The molecule has 148 valence electrons. The highest BCUT2D eigenvalue weighted by atomic mass is 32.1. The number of hydrogen-bond acceptors (Lipinski definition) is 8. The normalized spacial score (nSPS) is 15.1. The van der Waals surface area contributed by atoms with Crippen LogP contribution in [-0.2, 0) is 4.74 Å². The van der Waals surface area contributed by atoms with Crippen molar-refractivity contribution in [1.29, 1.82) is 0 Å². The summed E-state index contributed by atoms with van der Waals surface area (Å²) in [5.41, 5.74) is 1.50. The van der Waals surface area contributed by atoms with Crippen LogP contribution in [0.25, 0.3) is 10.2 Å². The Morgan fingerprint density at radius 3 is 2.86 bits per heavy atom. The highest BCUT2D eigenvalue weighted by Crippen LogP contribution is 2.32. The zero-order valence-corrected chi connectivity index (χ0v) is 16.7. The molecule has 0 saturated carbocycles. The van der Waals surface area contributed by atoms with Crippen molar-refractivity contribution in [2.24, 2.45) is 0 Å². The van der Waals surface area contributed by atoms with Gasteiger partial charge in [0, 0.05) is 32.2 Å². The van der Waals surface area contributed by atoms with Crippen LogP contribution in [0.15, 0.2) is 28.8 Å². The van der Waals surface area contributed by atoms with Gasteiger partial charge in [0.25, 0.3) is 5.91 Å². The quantitative estimate of drug-likeness (QED) is 0.627. The third-order valence-electron chi connectivity index (χ3n) is 4.64. The molecule has 8 nitrogen and oxygen atoms in total. The molecule has 1 amide bonds. The van der Waals surface area contributed by atoms with Crippen molar-refractivity contribution in [1.82, 2.24) is 15.0 Å². The standard InChI is InChI=1S/C19H22N4O4S/c1-13-11-16(27-21-13)18(24)23(6-5-22-7-9-26-10-8-22)19-20-15-4-3-14(25-2)12-17(15)28-19/h3-4,11-12H,5-10H2,1-2H3. The highest BCUT2D eigenvalue weighted by Gasteiger charge is 2.25. The van der Waals surface area contributed by atoms with Crippen LogP contribution < -0.4 is 9.64 Å². The van der Waals surface area contributed by atoms with Crippen LogP contribution in [-0.4, -0.2) is 67.5 Å². The molecule has 1 fully saturated rings. The summed E-state index contributed by atoms with van der Waals surface area (Å²) in [4.78, 5) is 21.7. The summed E-state index contributed by atoms with van der Waals surface area (Å²) < 4.78 is 16.9. The third kappa shape index (κ3) is 4.01. The van der Waals surface area contributed by atoms with Crippen LogP contribution in [0.2, 0.25) is 0 Å². The maximum Gasteiger partial charge on any atom is 0.298 e. The molecule has 0 unspecified atom stereocenters. The second-order valence-electron chi connectivity index (χ2n) is 6.57. The van der Waals surface area contributed by atoms with E-state index in [1.54, 1.807) is 25.0 Å². The maximum atomic E-state index is 13.1. The highest BCUT2D eigenvalue weighted by molar-refractivity contribution is 7.22. The molecule has 0 aliphatic carbocycles. The molecule has 1 aliphatic heterocycles. The van der Waals surface area contributed by atoms with E-state index >= 15 is 0 Å². The lowest BCUT2D eigenvalue weighted by Crippen LogP contribution is -2.43. The smallest absolute Gasteiger partial charge is 0.298 e. The Hall–Kier alpha value is -2.49. The molecule has 28 heavy (non-hydrogen) atoms. The number of rotatable bonds is 6. The average Bonchev–Trinajstić information content (AvgIpc) is 3.34. The fourth-order valence-corrected chi connectivity index (χ4v) is 4.10. The summed E-state index contributed by atoms with van der Waals surface area (Å²) in [5, 5.41) is 4.48. The summed E-state index contributed by atoms with van der Waals surface area (Å²) >= 11 is 1.46. The van der Waals surface area contributed by atoms with Gasteiger partial charge in [-0.05, 0) is 25.1 Å². The summed E-state index contributed by atoms with van der Waals surface area (Å²) in [5.74, 6) is 0.746. The number of benzene rings is 1. The van der Waals surface area contributed by atoms with E-state index < -0.39 is 0 Å². The van der Waals surface area contributed by atoms with E-state index in [-0.39, 0.29) is 11.7 Å². The van der Waals surface area contributed by atoms with Gasteiger partial charge in [0.2, 0.25) is 5.76 Å². The molecule has 1 saturated heterocycles. The second-order valence-corrected chi connectivity index (χ2v) is 7.58. The Bertz CT molecular complexity index is 964. The Morgan fingerprint density at radius 2 is 2.14 bits per heavy atom. The molecule has 9 heteroatoms. The van der Waals surface area contributed by atoms with Crippen molar-refractivity contribution < 1.29 is 18.8 Å². The van der Waals surface area contributed by atoms with E-state index in [9.17, 15) is 4.79 Å². The molecule has 0 bridgehead atoms. The van der Waals surface area contributed by atoms with Gasteiger partial charge >= 0.3 is 0 Å². The first-order valence-electron chi connectivity index (χ1n) is 9.14. The zero-order valence-electron chi connectivity index (χ0n) is 15.9.